The molecule has 57 heavy (non-hydrogen) atoms. The van der Waals surface area contributed by atoms with E-state index in [-0.39, 0.29) is 78.7 Å². The summed E-state index contributed by atoms with van der Waals surface area (Å²) in [6.45, 7) is 28.9. The Balaban J connectivity index is 0.000000263. The third-order valence-electron chi connectivity index (χ3n) is 12.7. The van der Waals surface area contributed by atoms with Crippen LogP contribution in [0.4, 0.5) is 0 Å². The molecule has 5 aliphatic heterocycles. The fourth-order valence-corrected chi connectivity index (χ4v) is 10.8. The summed E-state index contributed by atoms with van der Waals surface area (Å²) in [5.41, 5.74) is 0. The van der Waals surface area contributed by atoms with Crippen LogP contribution >= 0.6 is 40.5 Å². The number of aliphatic hydroxyl groups is 3. The van der Waals surface area contributed by atoms with Gasteiger partial charge in [-0.25, -0.2) is 0 Å². The Morgan fingerprint density at radius 1 is 0.561 bits per heavy atom. The van der Waals surface area contributed by atoms with Crippen LogP contribution in [0, 0.1) is 47.3 Å². The van der Waals surface area contributed by atoms with Gasteiger partial charge < -0.3 is 56.1 Å². The lowest BCUT2D eigenvalue weighted by molar-refractivity contribution is -0.304. The Bertz CT molecular complexity index is 1230. The maximum Gasteiger partial charge on any atom is 0.529 e. The maximum absolute atomic E-state index is 10.8. The van der Waals surface area contributed by atoms with Crippen LogP contribution in [0.5, 0.6) is 0 Å². The fourth-order valence-electron chi connectivity index (χ4n) is 7.33. The minimum atomic E-state index is -1.000. The van der Waals surface area contributed by atoms with Gasteiger partial charge in [0.05, 0.1) is 24.4 Å². The highest BCUT2D eigenvalue weighted by Crippen LogP contribution is 2.42. The van der Waals surface area contributed by atoms with E-state index in [1.54, 1.807) is 0 Å². The van der Waals surface area contributed by atoms with Crippen LogP contribution in [0.1, 0.15) is 104 Å². The van der Waals surface area contributed by atoms with Gasteiger partial charge in [0.25, 0.3) is 5.97 Å². The Morgan fingerprint density at radius 3 is 1.49 bits per heavy atom. The van der Waals surface area contributed by atoms with Crippen molar-refractivity contribution in [3.05, 3.63) is 0 Å². The first-order valence-electron chi connectivity index (χ1n) is 20.1. The van der Waals surface area contributed by atoms with Crippen molar-refractivity contribution in [2.45, 2.75) is 184 Å². The minimum Gasteiger partial charge on any atom is -0.471 e. The molecule has 19 heteroatoms. The van der Waals surface area contributed by atoms with Gasteiger partial charge in [0.15, 0.2) is 25.0 Å². The zero-order valence-corrected chi connectivity index (χ0v) is 43.6. The smallest absolute Gasteiger partial charge is 0.471 e. The summed E-state index contributed by atoms with van der Waals surface area (Å²) < 4.78 is 54.6. The van der Waals surface area contributed by atoms with Crippen molar-refractivity contribution in [3.8, 4) is 0 Å². The standard InChI is InChI=1S/C10H17O4.2C10H18O4.C8H15O3.2Al.2HI.2H/c1-5-6(2)8-9(12-7(5)3)14-10(4,11)13-8;1-5-6(2)9(14-8(4)11)10(12)13-7(5)3;1-5-6(2)9(12)10(13-7(5)3)14-8(4)11;1-4-5(2)7(9)8(10)11-6(4)3;;;;;;/h5-9H,1-4H3;2*5-7,9-10,12H,1-4H3;4-9H,1-3H3;;;2*1H;;/q-1;;;-1;2*+2;;;;/p-2/t5-,6+,7?,8?,9-,10?;2*5-,6+,7?,9?,10-;4-,5+,6?,7?,8-;;;;;;/m1111....../s1. The van der Waals surface area contributed by atoms with Crippen LogP contribution in [0.15, 0.2) is 0 Å². The highest BCUT2D eigenvalue weighted by molar-refractivity contribution is 14.1. The lowest BCUT2D eigenvalue weighted by Crippen LogP contribution is -2.49. The van der Waals surface area contributed by atoms with E-state index in [0.717, 1.165) is 0 Å². The second-order valence-corrected chi connectivity index (χ2v) is 21.3. The molecule has 0 aromatic carbocycles. The monoisotopic (exact) mass is 1070 g/mol. The maximum atomic E-state index is 10.8. The predicted molar refractivity (Wildman–Crippen MR) is 231 cm³/mol. The third-order valence-corrected chi connectivity index (χ3v) is 15.8. The van der Waals surface area contributed by atoms with Gasteiger partial charge in [-0.2, -0.15) is 40.5 Å². The van der Waals surface area contributed by atoms with Crippen molar-refractivity contribution in [1.29, 1.82) is 0 Å². The molecule has 9 unspecified atom stereocenters. The van der Waals surface area contributed by atoms with Crippen molar-refractivity contribution >= 4 is 77.0 Å². The molecule has 5 saturated heterocycles. The molecule has 0 radical (unpaired) electrons. The van der Waals surface area contributed by atoms with Crippen LogP contribution < -0.4 is 0 Å². The highest BCUT2D eigenvalue weighted by Gasteiger charge is 2.53. The van der Waals surface area contributed by atoms with E-state index >= 15 is 0 Å². The summed E-state index contributed by atoms with van der Waals surface area (Å²) >= 11 is 3.38. The first kappa shape index (κ1) is 54.2. The SMILES string of the molecule is CC(=O)OC1[C@H](O)OC(C)[C@H](C)[C@@H]1C.CC(=O)O[C@H]1OC(C)[C@H](C)[C@H](C)C1O.CC1O[C@@H]([O][AlH][I])C(O)[C@@H](C)[C@H]1C.CC1O[C@@H]2OC(C)([O][AlH][I])OC2[C@@H](C)[C@H]1C. The van der Waals surface area contributed by atoms with E-state index in [2.05, 4.69) is 75.2 Å². The topological polar surface area (TPSA) is 187 Å². The number of esters is 2. The van der Waals surface area contributed by atoms with E-state index in [4.69, 9.17) is 45.5 Å². The molecule has 5 aliphatic rings. The number of hydrogen-bond acceptors (Lipinski definition) is 15. The van der Waals surface area contributed by atoms with E-state index in [9.17, 15) is 24.9 Å². The average Bonchev–Trinajstić information content (AvgIpc) is 3.47. The third kappa shape index (κ3) is 15.4. The first-order valence-corrected chi connectivity index (χ1v) is 31.5. The summed E-state index contributed by atoms with van der Waals surface area (Å²) in [5, 5.41) is 29.2. The predicted octanol–water partition coefficient (Wildman–Crippen LogP) is 4.75. The zero-order valence-electron chi connectivity index (χ0n) is 36.5. The quantitative estimate of drug-likeness (QED) is 0.188. The molecule has 15 nitrogen and oxygen atoms in total. The van der Waals surface area contributed by atoms with Gasteiger partial charge in [0.1, 0.15) is 18.3 Å². The van der Waals surface area contributed by atoms with Crippen LogP contribution in [-0.2, 0) is 55.1 Å². The Hall–Kier alpha value is 1.02. The second-order valence-electron chi connectivity index (χ2n) is 16.5. The second kappa shape index (κ2) is 24.8. The molecule has 3 N–H and O–H groups in total. The number of rotatable bonds is 6. The van der Waals surface area contributed by atoms with Crippen molar-refractivity contribution < 1.29 is 70.4 Å². The summed E-state index contributed by atoms with van der Waals surface area (Å²) in [6, 6.07) is 0. The van der Waals surface area contributed by atoms with E-state index in [1.165, 1.54) is 13.8 Å². The Morgan fingerprint density at radius 2 is 1.00 bits per heavy atom. The van der Waals surface area contributed by atoms with Gasteiger partial charge in [0, 0.05) is 26.7 Å². The molecule has 5 heterocycles. The largest absolute Gasteiger partial charge is 0.529 e. The molecule has 0 aromatic heterocycles. The lowest BCUT2D eigenvalue weighted by atomic mass is 9.84. The highest BCUT2D eigenvalue weighted by atomic mass is 127. The number of aliphatic hydroxyl groups excluding tert-OH is 3. The molecule has 5 rings (SSSR count). The average molecular weight is 1070 g/mol. The van der Waals surface area contributed by atoms with Crippen LogP contribution in [-0.4, -0.2) is 132 Å². The summed E-state index contributed by atoms with van der Waals surface area (Å²) in [5.74, 6) is 0.561. The number of ether oxygens (including phenoxy) is 8. The van der Waals surface area contributed by atoms with Gasteiger partial charge in [0.2, 0.25) is 6.29 Å². The normalized spacial score (nSPS) is 46.5. The van der Waals surface area contributed by atoms with Gasteiger partial charge in [-0.15, -0.1) is 0 Å². The molecule has 0 aromatic rings. The Labute approximate surface area is 375 Å². The number of halogens is 2. The number of carbonyl (C=O) groups is 2. The molecular weight excluding hydrogens is 1000 g/mol. The molecule has 5 fully saturated rings. The molecule has 21 atom stereocenters. The van der Waals surface area contributed by atoms with Crippen molar-refractivity contribution in [1.82, 2.24) is 0 Å². The number of hydrogen-bond donors (Lipinski definition) is 3. The molecule has 0 spiro atoms. The van der Waals surface area contributed by atoms with Crippen molar-refractivity contribution in [2.24, 2.45) is 47.3 Å². The van der Waals surface area contributed by atoms with Gasteiger partial charge >= 0.3 is 36.5 Å². The van der Waals surface area contributed by atoms with Crippen molar-refractivity contribution in [3.63, 3.8) is 0 Å². The molecular formula is C38H70Al2I2O15. The summed E-state index contributed by atoms with van der Waals surface area (Å²) in [7, 11) is 0. The van der Waals surface area contributed by atoms with Crippen LogP contribution in [0.25, 0.3) is 0 Å². The molecule has 0 saturated carbocycles. The van der Waals surface area contributed by atoms with Crippen LogP contribution in [0.2, 0.25) is 0 Å². The minimum absolute atomic E-state index is 0.00208. The van der Waals surface area contributed by atoms with E-state index < -0.39 is 67.4 Å². The molecule has 332 valence electrons. The van der Waals surface area contributed by atoms with Gasteiger partial charge in [-0.1, -0.05) is 55.4 Å². The molecule has 0 amide bonds. The lowest BCUT2D eigenvalue weighted by Gasteiger charge is -2.41. The van der Waals surface area contributed by atoms with Crippen LogP contribution in [0.3, 0.4) is 0 Å². The summed E-state index contributed by atoms with van der Waals surface area (Å²) in [4.78, 5) is 21.5. The van der Waals surface area contributed by atoms with Gasteiger partial charge in [-0.3, -0.25) is 14.3 Å². The Kier molecular flexibility index (Phi) is 23.5. The van der Waals surface area contributed by atoms with Gasteiger partial charge in [-0.05, 0) is 69.1 Å². The van der Waals surface area contributed by atoms with E-state index in [0.29, 0.717) is 17.8 Å². The molecule has 0 aliphatic carbocycles. The number of carbonyl (C=O) groups excluding carboxylic acids is 2. The number of fused-ring (bicyclic) bond motifs is 1. The fraction of sp³-hybridized carbons (Fsp3) is 0.947. The van der Waals surface area contributed by atoms with E-state index in [1.807, 2.05) is 55.4 Å². The first-order chi connectivity index (χ1) is 26.4. The molecule has 0 bridgehead atoms. The zero-order chi connectivity index (χ0) is 43.7. The summed E-state index contributed by atoms with van der Waals surface area (Å²) in [6.07, 6.45) is -3.84. The van der Waals surface area contributed by atoms with Crippen molar-refractivity contribution in [2.75, 3.05) is 0 Å².